The lowest BCUT2D eigenvalue weighted by Crippen LogP contribution is -2.07. The van der Waals surface area contributed by atoms with Crippen LogP contribution >= 0.6 is 27.5 Å². The van der Waals surface area contributed by atoms with E-state index in [1.54, 1.807) is 18.2 Å². The third kappa shape index (κ3) is 3.51. The van der Waals surface area contributed by atoms with Gasteiger partial charge in [-0.1, -0.05) is 33.6 Å². The van der Waals surface area contributed by atoms with Crippen molar-refractivity contribution in [1.82, 2.24) is 0 Å². The Bertz CT molecular complexity index is 805. The normalized spacial score (nSPS) is 12.7. The molecule has 0 aliphatic carbocycles. The van der Waals surface area contributed by atoms with E-state index in [4.69, 9.17) is 21.1 Å². The van der Waals surface area contributed by atoms with Crippen molar-refractivity contribution in [2.45, 2.75) is 6.92 Å². The van der Waals surface area contributed by atoms with Gasteiger partial charge in [-0.05, 0) is 42.8 Å². The van der Waals surface area contributed by atoms with Crippen LogP contribution in [0.4, 0.5) is 5.69 Å². The lowest BCUT2D eigenvalue weighted by Gasteiger charge is -2.05. The summed E-state index contributed by atoms with van der Waals surface area (Å²) >= 11 is 9.50. The first-order valence-corrected chi connectivity index (χ1v) is 8.05. The fourth-order valence-electron chi connectivity index (χ4n) is 2.14. The van der Waals surface area contributed by atoms with Gasteiger partial charge in [0.1, 0.15) is 0 Å². The van der Waals surface area contributed by atoms with Crippen molar-refractivity contribution in [2.75, 3.05) is 12.1 Å². The van der Waals surface area contributed by atoms with E-state index >= 15 is 0 Å². The third-order valence-electron chi connectivity index (χ3n) is 3.37. The van der Waals surface area contributed by atoms with Crippen molar-refractivity contribution >= 4 is 45.2 Å². The molecule has 3 rings (SSSR count). The van der Waals surface area contributed by atoms with E-state index in [1.165, 1.54) is 6.08 Å². The van der Waals surface area contributed by atoms with E-state index in [2.05, 4.69) is 21.2 Å². The maximum absolute atomic E-state index is 12.1. The van der Waals surface area contributed by atoms with Gasteiger partial charge in [0, 0.05) is 26.8 Å². The second-order valence-corrected chi connectivity index (χ2v) is 6.24. The number of fused-ring (bicyclic) bond motifs is 1. The molecule has 118 valence electrons. The highest BCUT2D eigenvalue weighted by Gasteiger charge is 2.18. The van der Waals surface area contributed by atoms with E-state index in [1.807, 2.05) is 25.1 Å². The fraction of sp³-hybridized carbons (Fsp3) is 0.118. The number of carbonyl (C=O) groups excluding carboxylic acids is 1. The van der Waals surface area contributed by atoms with Gasteiger partial charge < -0.3 is 14.8 Å². The number of aryl methyl sites for hydroxylation is 1. The molecule has 0 saturated heterocycles. The molecule has 0 aromatic heterocycles. The minimum absolute atomic E-state index is 0.181. The molecule has 1 amide bonds. The molecule has 0 spiro atoms. The van der Waals surface area contributed by atoms with Crippen LogP contribution in [0.15, 0.2) is 40.9 Å². The number of hydrogen-bond donors (Lipinski definition) is 1. The summed E-state index contributed by atoms with van der Waals surface area (Å²) in [5.41, 5.74) is 2.37. The summed E-state index contributed by atoms with van der Waals surface area (Å²) < 4.78 is 11.6. The zero-order valence-corrected chi connectivity index (χ0v) is 14.6. The Labute approximate surface area is 147 Å². The standard InChI is InChI=1S/C17H13BrClNO3/c1-10-2-3-11(8-14(10)19)20-16(21)7-4-12-13(18)5-6-15-17(12)23-9-22-15/h2-8H,9H2,1H3,(H,20,21)/b7-4+. The predicted molar refractivity (Wildman–Crippen MR) is 94.1 cm³/mol. The zero-order valence-electron chi connectivity index (χ0n) is 12.2. The van der Waals surface area contributed by atoms with Gasteiger partial charge in [-0.3, -0.25) is 4.79 Å². The van der Waals surface area contributed by atoms with Crippen LogP contribution in [0.25, 0.3) is 6.08 Å². The number of hydrogen-bond acceptors (Lipinski definition) is 3. The van der Waals surface area contributed by atoms with Crippen molar-refractivity contribution in [3.05, 3.63) is 57.0 Å². The average molecular weight is 395 g/mol. The molecule has 1 N–H and O–H groups in total. The number of carbonyl (C=O) groups is 1. The SMILES string of the molecule is Cc1ccc(NC(=O)/C=C/c2c(Br)ccc3c2OCO3)cc1Cl. The highest BCUT2D eigenvalue weighted by molar-refractivity contribution is 9.10. The minimum Gasteiger partial charge on any atom is -0.454 e. The summed E-state index contributed by atoms with van der Waals surface area (Å²) in [6.45, 7) is 2.09. The summed E-state index contributed by atoms with van der Waals surface area (Å²) in [6.07, 6.45) is 3.12. The van der Waals surface area contributed by atoms with E-state index in [-0.39, 0.29) is 12.7 Å². The van der Waals surface area contributed by atoms with Gasteiger partial charge in [-0.2, -0.15) is 0 Å². The number of amides is 1. The minimum atomic E-state index is -0.256. The zero-order chi connectivity index (χ0) is 16.4. The lowest BCUT2D eigenvalue weighted by molar-refractivity contribution is -0.111. The Morgan fingerprint density at radius 2 is 2.13 bits per heavy atom. The maximum atomic E-state index is 12.1. The van der Waals surface area contributed by atoms with E-state index in [0.29, 0.717) is 22.2 Å². The monoisotopic (exact) mass is 393 g/mol. The van der Waals surface area contributed by atoms with Crippen LogP contribution in [0.2, 0.25) is 5.02 Å². The topological polar surface area (TPSA) is 47.6 Å². The average Bonchev–Trinajstić information content (AvgIpc) is 2.98. The van der Waals surface area contributed by atoms with Crippen molar-refractivity contribution in [2.24, 2.45) is 0 Å². The Balaban J connectivity index is 1.77. The molecule has 2 aromatic rings. The lowest BCUT2D eigenvalue weighted by atomic mass is 10.1. The molecule has 2 aromatic carbocycles. The molecule has 0 radical (unpaired) electrons. The van der Waals surface area contributed by atoms with Crippen molar-refractivity contribution in [3.8, 4) is 11.5 Å². The summed E-state index contributed by atoms with van der Waals surface area (Å²) in [6, 6.07) is 9.05. The van der Waals surface area contributed by atoms with Crippen LogP contribution in [0, 0.1) is 6.92 Å². The molecular weight excluding hydrogens is 382 g/mol. The van der Waals surface area contributed by atoms with Crippen LogP contribution in [0.5, 0.6) is 11.5 Å². The molecule has 0 saturated carbocycles. The predicted octanol–water partition coefficient (Wildman–Crippen LogP) is 4.79. The van der Waals surface area contributed by atoms with E-state index in [0.717, 1.165) is 15.6 Å². The van der Waals surface area contributed by atoms with Crippen LogP contribution in [0.3, 0.4) is 0 Å². The number of anilines is 1. The Morgan fingerprint density at radius 3 is 2.91 bits per heavy atom. The van der Waals surface area contributed by atoms with Crippen molar-refractivity contribution in [3.63, 3.8) is 0 Å². The highest BCUT2D eigenvalue weighted by atomic mass is 79.9. The van der Waals surface area contributed by atoms with Crippen LogP contribution in [-0.2, 0) is 4.79 Å². The summed E-state index contributed by atoms with van der Waals surface area (Å²) in [5, 5.41) is 3.38. The number of ether oxygens (including phenoxy) is 2. The van der Waals surface area contributed by atoms with Gasteiger partial charge in [-0.25, -0.2) is 0 Å². The quantitative estimate of drug-likeness (QED) is 0.761. The molecule has 1 aliphatic rings. The number of nitrogens with one attached hydrogen (secondary N) is 1. The van der Waals surface area contributed by atoms with Crippen LogP contribution in [-0.4, -0.2) is 12.7 Å². The molecule has 1 heterocycles. The van der Waals surface area contributed by atoms with Crippen LogP contribution < -0.4 is 14.8 Å². The van der Waals surface area contributed by atoms with E-state index < -0.39 is 0 Å². The van der Waals surface area contributed by atoms with Gasteiger partial charge in [0.05, 0.1) is 0 Å². The molecule has 4 nitrogen and oxygen atoms in total. The number of rotatable bonds is 3. The molecule has 0 fully saturated rings. The summed E-state index contributed by atoms with van der Waals surface area (Å²) in [5.74, 6) is 1.04. The number of benzene rings is 2. The summed E-state index contributed by atoms with van der Waals surface area (Å²) in [4.78, 5) is 12.1. The van der Waals surface area contributed by atoms with Gasteiger partial charge in [0.2, 0.25) is 12.7 Å². The van der Waals surface area contributed by atoms with Crippen molar-refractivity contribution in [1.29, 1.82) is 0 Å². The molecule has 0 unspecified atom stereocenters. The van der Waals surface area contributed by atoms with Gasteiger partial charge in [0.25, 0.3) is 0 Å². The first-order valence-electron chi connectivity index (χ1n) is 6.88. The fourth-order valence-corrected chi connectivity index (χ4v) is 2.76. The first kappa shape index (κ1) is 15.9. The second-order valence-electron chi connectivity index (χ2n) is 4.98. The number of halogens is 2. The molecule has 6 heteroatoms. The van der Waals surface area contributed by atoms with E-state index in [9.17, 15) is 4.79 Å². The first-order chi connectivity index (χ1) is 11.0. The third-order valence-corrected chi connectivity index (χ3v) is 4.46. The van der Waals surface area contributed by atoms with Crippen molar-refractivity contribution < 1.29 is 14.3 Å². The highest BCUT2D eigenvalue weighted by Crippen LogP contribution is 2.40. The molecule has 0 bridgehead atoms. The van der Waals surface area contributed by atoms with Gasteiger partial charge >= 0.3 is 0 Å². The van der Waals surface area contributed by atoms with Gasteiger partial charge in [-0.15, -0.1) is 0 Å². The van der Waals surface area contributed by atoms with Crippen LogP contribution in [0.1, 0.15) is 11.1 Å². The summed E-state index contributed by atoms with van der Waals surface area (Å²) in [7, 11) is 0. The molecular formula is C17H13BrClNO3. The molecule has 23 heavy (non-hydrogen) atoms. The second kappa shape index (κ2) is 6.64. The Morgan fingerprint density at radius 1 is 1.30 bits per heavy atom. The maximum Gasteiger partial charge on any atom is 0.248 e. The molecule has 0 atom stereocenters. The largest absolute Gasteiger partial charge is 0.454 e. The Kier molecular flexibility index (Phi) is 4.59. The Hall–Kier alpha value is -1.98. The molecule has 1 aliphatic heterocycles. The van der Waals surface area contributed by atoms with Gasteiger partial charge in [0.15, 0.2) is 11.5 Å². The smallest absolute Gasteiger partial charge is 0.248 e.